The van der Waals surface area contributed by atoms with Crippen LogP contribution in [0, 0.1) is 0 Å². The van der Waals surface area contributed by atoms with Crippen molar-refractivity contribution in [2.75, 3.05) is 49.7 Å². The molecule has 4 heterocycles. The first kappa shape index (κ1) is 49.9. The van der Waals surface area contributed by atoms with Crippen LogP contribution in [0.3, 0.4) is 0 Å². The maximum absolute atomic E-state index is 15.5. The molecule has 8 aromatic rings. The number of benzene rings is 8. The van der Waals surface area contributed by atoms with Crippen LogP contribution in [0.5, 0.6) is 23.0 Å². The van der Waals surface area contributed by atoms with Crippen molar-refractivity contribution >= 4 is 49.7 Å². The topological polar surface area (TPSA) is 96.0 Å². The van der Waals surface area contributed by atoms with Gasteiger partial charge in [-0.05, 0) is 119 Å². The molecule has 0 saturated carbocycles. The molecular formula is C64H62N4O6P2. The molecule has 0 spiro atoms. The molecule has 4 saturated heterocycles. The molecule has 0 aromatic heterocycles. The Kier molecular flexibility index (Phi) is 14.1. The van der Waals surface area contributed by atoms with Crippen molar-refractivity contribution in [2.45, 2.75) is 51.0 Å². The highest BCUT2D eigenvalue weighted by Crippen LogP contribution is 2.68. The molecule has 8 aromatic carbocycles. The van der Waals surface area contributed by atoms with Crippen LogP contribution < -0.4 is 48.7 Å². The van der Waals surface area contributed by atoms with Crippen LogP contribution in [0.25, 0.3) is 34.4 Å². The van der Waals surface area contributed by atoms with Crippen molar-refractivity contribution < 1.29 is 28.7 Å². The SMILES string of the molecule is COc1cccc([P+]2([O-])N(c3ccccc3)CC3CCCN32)c1OCc1ccc(-c2ccc(/C=C/c3ccc(-c4ccc(COc5c(OC)cccc5[P+]5([O-])N(c6ccccc6)CC6CCCN65)cc4)cc3)cc2)cc1. The van der Waals surface area contributed by atoms with Crippen LogP contribution in [0.2, 0.25) is 0 Å². The smallest absolute Gasteiger partial charge is 0.207 e. The number of ether oxygens (including phenoxy) is 4. The Morgan fingerprint density at radius 1 is 0.447 bits per heavy atom. The zero-order chi connectivity index (χ0) is 51.6. The average Bonchev–Trinajstić information content (AvgIpc) is 4.35. The van der Waals surface area contributed by atoms with Gasteiger partial charge >= 0.3 is 0 Å². The van der Waals surface area contributed by atoms with Crippen molar-refractivity contribution in [1.82, 2.24) is 9.34 Å². The zero-order valence-electron chi connectivity index (χ0n) is 43.0. The van der Waals surface area contributed by atoms with Gasteiger partial charge in [0.05, 0.1) is 50.8 Å². The average molecular weight is 1050 g/mol. The molecule has 384 valence electrons. The molecule has 76 heavy (non-hydrogen) atoms. The molecule has 4 aliphatic rings. The fourth-order valence-corrected chi connectivity index (χ4v) is 18.5. The summed E-state index contributed by atoms with van der Waals surface area (Å²) in [6, 6.07) is 66.3. The minimum absolute atomic E-state index is 0.235. The predicted octanol–water partition coefficient (Wildman–Crippen LogP) is 11.8. The largest absolute Gasteiger partial charge is 0.642 e. The van der Waals surface area contributed by atoms with Crippen LogP contribution in [0.15, 0.2) is 194 Å². The predicted molar refractivity (Wildman–Crippen MR) is 307 cm³/mol. The summed E-state index contributed by atoms with van der Waals surface area (Å²) in [5.74, 6) is 2.23. The van der Waals surface area contributed by atoms with E-state index in [0.717, 1.165) is 108 Å². The van der Waals surface area contributed by atoms with Crippen LogP contribution >= 0.6 is 15.6 Å². The molecule has 4 aliphatic heterocycles. The lowest BCUT2D eigenvalue weighted by atomic mass is 10.0. The Bertz CT molecular complexity index is 3090. The third-order valence-electron chi connectivity index (χ3n) is 15.5. The molecule has 0 N–H and O–H groups in total. The lowest BCUT2D eigenvalue weighted by molar-refractivity contribution is -0.177. The van der Waals surface area contributed by atoms with Gasteiger partial charge in [0.15, 0.2) is 37.7 Å². The summed E-state index contributed by atoms with van der Waals surface area (Å²) in [6.07, 6.45) is 8.41. The molecule has 0 radical (unpaired) electrons. The number of methoxy groups -OCH3 is 2. The Balaban J connectivity index is 0.675. The number of hydrogen-bond donors (Lipinski definition) is 0. The summed E-state index contributed by atoms with van der Waals surface area (Å²) >= 11 is 0. The van der Waals surface area contributed by atoms with E-state index in [9.17, 15) is 0 Å². The summed E-state index contributed by atoms with van der Waals surface area (Å²) in [4.78, 5) is 31.0. The van der Waals surface area contributed by atoms with Gasteiger partial charge in [-0.3, -0.25) is 0 Å². The Hall–Kier alpha value is -7.00. The van der Waals surface area contributed by atoms with E-state index in [0.29, 0.717) is 46.8 Å². The van der Waals surface area contributed by atoms with Crippen molar-refractivity contribution in [3.8, 4) is 45.3 Å². The second-order valence-electron chi connectivity index (χ2n) is 20.0. The standard InChI is InChI=1S/C64H62N4O6P2/c1-71-59-19-9-21-61(75(69)65-41-11-17-57(65)43-67(75)55-13-5-3-6-14-55)63(59)73-45-49-29-37-53(38-30-49)51-33-25-47(26-34-51)23-24-48-27-35-52(36-28-48)54-39-31-50(32-40-54)46-74-64-60(72-2)20-10-22-62(64)76(70)66-42-12-18-58(66)44-68(76)56-15-7-4-8-16-56/h3-10,13-16,19-40,57-58H,11-12,17-18,41-46H2,1-2H3/b24-23+. The molecule has 0 bridgehead atoms. The number of para-hydroxylation sites is 4. The summed E-state index contributed by atoms with van der Waals surface area (Å²) in [5, 5.41) is 1.37. The highest BCUT2D eigenvalue weighted by molar-refractivity contribution is 7.76. The maximum Gasteiger partial charge on any atom is 0.207 e. The highest BCUT2D eigenvalue weighted by Gasteiger charge is 2.59. The van der Waals surface area contributed by atoms with Crippen LogP contribution in [0.4, 0.5) is 11.4 Å². The molecule has 12 rings (SSSR count). The van der Waals surface area contributed by atoms with E-state index < -0.39 is 15.6 Å². The first-order valence-electron chi connectivity index (χ1n) is 26.4. The Labute approximate surface area is 448 Å². The lowest BCUT2D eigenvalue weighted by Crippen LogP contribution is -2.41. The third kappa shape index (κ3) is 9.42. The van der Waals surface area contributed by atoms with Crippen molar-refractivity contribution in [3.63, 3.8) is 0 Å². The van der Waals surface area contributed by atoms with Crippen LogP contribution in [0.1, 0.15) is 47.9 Å². The first-order chi connectivity index (χ1) is 37.3. The van der Waals surface area contributed by atoms with Gasteiger partial charge in [-0.15, -0.1) is 0 Å². The fourth-order valence-electron chi connectivity index (χ4n) is 11.6. The van der Waals surface area contributed by atoms with Crippen molar-refractivity contribution in [3.05, 3.63) is 216 Å². The third-order valence-corrected chi connectivity index (χ3v) is 22.0. The van der Waals surface area contributed by atoms with E-state index in [-0.39, 0.29) is 12.1 Å². The molecule has 4 fully saturated rings. The van der Waals surface area contributed by atoms with E-state index >= 15 is 9.79 Å². The van der Waals surface area contributed by atoms with Crippen molar-refractivity contribution in [2.24, 2.45) is 0 Å². The molecular weight excluding hydrogens is 983 g/mol. The van der Waals surface area contributed by atoms with Crippen molar-refractivity contribution in [1.29, 1.82) is 0 Å². The van der Waals surface area contributed by atoms with Crippen LogP contribution in [-0.2, 0) is 13.2 Å². The van der Waals surface area contributed by atoms with Gasteiger partial charge in [0.25, 0.3) is 0 Å². The lowest BCUT2D eigenvalue weighted by Gasteiger charge is -2.40. The number of rotatable bonds is 16. The second kappa shape index (κ2) is 21.6. The minimum atomic E-state index is -3.23. The molecule has 0 aliphatic carbocycles. The molecule has 0 amide bonds. The van der Waals surface area contributed by atoms with Gasteiger partial charge in [-0.25, -0.2) is 9.34 Å². The van der Waals surface area contributed by atoms with E-state index in [1.165, 1.54) is 0 Å². The van der Waals surface area contributed by atoms with Gasteiger partial charge in [0.2, 0.25) is 11.5 Å². The minimum Gasteiger partial charge on any atom is -0.642 e. The van der Waals surface area contributed by atoms with Gasteiger partial charge in [0, 0.05) is 13.1 Å². The highest BCUT2D eigenvalue weighted by atomic mass is 31.2. The van der Waals surface area contributed by atoms with E-state index in [1.807, 2.05) is 97.1 Å². The van der Waals surface area contributed by atoms with E-state index in [4.69, 9.17) is 18.9 Å². The zero-order valence-corrected chi connectivity index (χ0v) is 44.8. The summed E-state index contributed by atoms with van der Waals surface area (Å²) in [6.45, 7) is 3.64. The second-order valence-corrected chi connectivity index (χ2v) is 25.1. The Morgan fingerprint density at radius 3 is 1.18 bits per heavy atom. The summed E-state index contributed by atoms with van der Waals surface area (Å²) in [5.41, 5.74) is 10.6. The number of nitrogens with zero attached hydrogens (tertiary/aromatic N) is 4. The number of fused-ring (bicyclic) bond motifs is 2. The van der Waals surface area contributed by atoms with E-state index in [2.05, 4.69) is 128 Å². The van der Waals surface area contributed by atoms with Crippen LogP contribution in [-0.4, -0.2) is 61.8 Å². The van der Waals surface area contributed by atoms with Gasteiger partial charge in [0.1, 0.15) is 13.2 Å². The van der Waals surface area contributed by atoms with Gasteiger partial charge in [-0.2, -0.15) is 9.34 Å². The number of anilines is 2. The van der Waals surface area contributed by atoms with Gasteiger partial charge in [-0.1, -0.05) is 158 Å². The maximum atomic E-state index is 15.5. The molecule has 4 atom stereocenters. The Morgan fingerprint density at radius 2 is 0.816 bits per heavy atom. The first-order valence-corrected chi connectivity index (χ1v) is 29.6. The molecule has 12 heteroatoms. The molecule has 4 unspecified atom stereocenters. The quantitative estimate of drug-likeness (QED) is 0.0688. The summed E-state index contributed by atoms with van der Waals surface area (Å²) < 4.78 is 33.5. The normalized spacial score (nSPS) is 21.3. The molecule has 10 nitrogen and oxygen atoms in total. The van der Waals surface area contributed by atoms with Gasteiger partial charge < -0.3 is 28.7 Å². The number of hydrogen-bond acceptors (Lipinski definition) is 10. The fraction of sp³-hybridized carbons (Fsp3) is 0.219. The summed E-state index contributed by atoms with van der Waals surface area (Å²) in [7, 11) is -3.18. The monoisotopic (exact) mass is 1040 g/mol. The van der Waals surface area contributed by atoms with E-state index in [1.54, 1.807) is 14.2 Å².